The molecule has 0 fully saturated rings. The van der Waals surface area contributed by atoms with E-state index in [9.17, 15) is 26.4 Å². The Morgan fingerprint density at radius 1 is 1.04 bits per heavy atom. The lowest BCUT2D eigenvalue weighted by atomic mass is 10.1. The van der Waals surface area contributed by atoms with E-state index in [1.165, 1.54) is 43.5 Å². The van der Waals surface area contributed by atoms with E-state index in [2.05, 4.69) is 6.92 Å². The van der Waals surface area contributed by atoms with Crippen molar-refractivity contribution in [3.63, 3.8) is 0 Å². The number of carbonyl (C=O) groups excluding carboxylic acids is 1. The van der Waals surface area contributed by atoms with Crippen molar-refractivity contribution in [2.45, 2.75) is 51.0 Å². The van der Waals surface area contributed by atoms with E-state index in [4.69, 9.17) is 4.74 Å². The Labute approximate surface area is 145 Å². The van der Waals surface area contributed by atoms with Gasteiger partial charge >= 0.3 is 15.5 Å². The minimum absolute atomic E-state index is 0.209. The number of hydrogen-bond acceptors (Lipinski definition) is 4. The number of alkyl halides is 3. The number of ether oxygens (including phenoxy) is 1. The first kappa shape index (κ1) is 21.3. The molecule has 1 rings (SSSR count). The predicted molar refractivity (Wildman–Crippen MR) is 87.8 cm³/mol. The van der Waals surface area contributed by atoms with Crippen LogP contribution in [0.4, 0.5) is 13.2 Å². The molecule has 0 heterocycles. The third-order valence-electron chi connectivity index (χ3n) is 3.41. The van der Waals surface area contributed by atoms with Gasteiger partial charge in [-0.15, -0.1) is 0 Å². The summed E-state index contributed by atoms with van der Waals surface area (Å²) in [7, 11) is -5.71. The lowest BCUT2D eigenvalue weighted by molar-refractivity contribution is -0.0446. The first-order chi connectivity index (χ1) is 11.7. The van der Waals surface area contributed by atoms with Crippen LogP contribution in [0.5, 0.6) is 5.75 Å². The van der Waals surface area contributed by atoms with E-state index in [0.717, 1.165) is 24.0 Å². The van der Waals surface area contributed by atoms with E-state index < -0.39 is 21.4 Å². The minimum atomic E-state index is -5.71. The number of rotatable bonds is 10. The predicted octanol–water partition coefficient (Wildman–Crippen LogP) is 4.01. The van der Waals surface area contributed by atoms with E-state index in [1.54, 1.807) is 0 Å². The van der Waals surface area contributed by atoms with Crippen molar-refractivity contribution in [1.29, 1.82) is 0 Å². The average Bonchev–Trinajstić information content (AvgIpc) is 2.53. The van der Waals surface area contributed by atoms with Crippen LogP contribution >= 0.6 is 0 Å². The Morgan fingerprint density at radius 3 is 2.16 bits per heavy atom. The van der Waals surface area contributed by atoms with Crippen LogP contribution in [0.15, 0.2) is 24.3 Å². The summed E-state index contributed by atoms with van der Waals surface area (Å²) < 4.78 is 64.9. The molecule has 1 aromatic carbocycles. The third kappa shape index (κ3) is 7.33. The van der Waals surface area contributed by atoms with Crippen LogP contribution in [0.1, 0.15) is 55.8 Å². The van der Waals surface area contributed by atoms with Crippen LogP contribution in [0.2, 0.25) is 0 Å². The summed E-state index contributed by atoms with van der Waals surface area (Å²) in [5.41, 5.74) is -5.75. The van der Waals surface area contributed by atoms with Gasteiger partial charge in [-0.25, -0.2) is 4.72 Å². The second-order valence-electron chi connectivity index (χ2n) is 5.52. The molecule has 0 aromatic heterocycles. The van der Waals surface area contributed by atoms with Crippen molar-refractivity contribution in [3.8, 4) is 5.75 Å². The third-order valence-corrected chi connectivity index (χ3v) is 4.48. The molecule has 0 aliphatic heterocycles. The first-order valence-corrected chi connectivity index (χ1v) is 9.52. The van der Waals surface area contributed by atoms with E-state index in [1.807, 2.05) is 0 Å². The number of unbranched alkanes of at least 4 members (excludes halogenated alkanes) is 5. The molecule has 5 nitrogen and oxygen atoms in total. The Bertz CT molecular complexity index is 642. The molecule has 1 amide bonds. The van der Waals surface area contributed by atoms with Crippen LogP contribution < -0.4 is 9.46 Å². The quantitative estimate of drug-likeness (QED) is 0.622. The molecule has 0 bridgehead atoms. The van der Waals surface area contributed by atoms with Crippen molar-refractivity contribution < 1.29 is 31.1 Å². The summed E-state index contributed by atoms with van der Waals surface area (Å²) in [6.45, 7) is 2.64. The molecule has 0 spiro atoms. The fourth-order valence-corrected chi connectivity index (χ4v) is 2.49. The van der Waals surface area contributed by atoms with Gasteiger partial charge < -0.3 is 4.74 Å². The van der Waals surface area contributed by atoms with Crippen molar-refractivity contribution in [1.82, 2.24) is 4.72 Å². The molecule has 0 atom stereocenters. The van der Waals surface area contributed by atoms with E-state index in [0.29, 0.717) is 12.4 Å². The summed E-state index contributed by atoms with van der Waals surface area (Å²) >= 11 is 0. The maximum absolute atomic E-state index is 12.2. The van der Waals surface area contributed by atoms with Gasteiger partial charge in [-0.2, -0.15) is 21.6 Å². The topological polar surface area (TPSA) is 72.5 Å². The zero-order valence-corrected chi connectivity index (χ0v) is 14.8. The van der Waals surface area contributed by atoms with Crippen LogP contribution in [-0.4, -0.2) is 26.4 Å². The zero-order chi connectivity index (χ0) is 18.9. The minimum Gasteiger partial charge on any atom is -0.494 e. The van der Waals surface area contributed by atoms with Crippen LogP contribution in [0.3, 0.4) is 0 Å². The number of hydrogen-bond donors (Lipinski definition) is 1. The van der Waals surface area contributed by atoms with E-state index in [-0.39, 0.29) is 5.56 Å². The van der Waals surface area contributed by atoms with Gasteiger partial charge in [0.15, 0.2) is 0 Å². The molecule has 0 unspecified atom stereocenters. The van der Waals surface area contributed by atoms with Gasteiger partial charge in [-0.1, -0.05) is 39.0 Å². The largest absolute Gasteiger partial charge is 0.516 e. The fourth-order valence-electron chi connectivity index (χ4n) is 2.01. The Morgan fingerprint density at radius 2 is 1.60 bits per heavy atom. The maximum atomic E-state index is 12.2. The average molecular weight is 381 g/mol. The van der Waals surface area contributed by atoms with Crippen molar-refractivity contribution in [2.24, 2.45) is 0 Å². The van der Waals surface area contributed by atoms with Crippen molar-refractivity contribution in [3.05, 3.63) is 29.8 Å². The van der Waals surface area contributed by atoms with Gasteiger partial charge in [0, 0.05) is 5.56 Å². The number of carbonyl (C=O) groups is 1. The zero-order valence-electron chi connectivity index (χ0n) is 13.9. The molecule has 0 radical (unpaired) electrons. The molecular weight excluding hydrogens is 359 g/mol. The molecule has 0 saturated heterocycles. The molecule has 0 aliphatic carbocycles. The monoisotopic (exact) mass is 381 g/mol. The normalized spacial score (nSPS) is 12.0. The van der Waals surface area contributed by atoms with Crippen molar-refractivity contribution in [2.75, 3.05) is 6.61 Å². The number of amides is 1. The number of sulfonamides is 1. The standard InChI is InChI=1S/C16H22F3NO4S/c1-2-3-4-5-6-7-12-24-14-10-8-13(9-11-14)15(21)20-25(22,23)16(17,18)19/h8-11H,2-7,12H2,1H3,(H,20,21). The highest BCUT2D eigenvalue weighted by Crippen LogP contribution is 2.22. The lowest BCUT2D eigenvalue weighted by Crippen LogP contribution is -2.40. The molecule has 1 aromatic rings. The Kier molecular flexibility index (Phi) is 8.21. The second kappa shape index (κ2) is 9.65. The molecule has 0 aliphatic rings. The highest BCUT2D eigenvalue weighted by molar-refractivity contribution is 7.90. The SMILES string of the molecule is CCCCCCCCOc1ccc(C(=O)NS(=O)(=O)C(F)(F)F)cc1. The molecule has 142 valence electrons. The van der Waals surface area contributed by atoms with Gasteiger partial charge in [0.25, 0.3) is 5.91 Å². The lowest BCUT2D eigenvalue weighted by Gasteiger charge is -2.10. The highest BCUT2D eigenvalue weighted by atomic mass is 32.2. The number of halogens is 3. The maximum Gasteiger partial charge on any atom is 0.516 e. The van der Waals surface area contributed by atoms with E-state index >= 15 is 0 Å². The summed E-state index contributed by atoms with van der Waals surface area (Å²) in [6.07, 6.45) is 6.67. The first-order valence-electron chi connectivity index (χ1n) is 8.03. The van der Waals surface area contributed by atoms with Crippen molar-refractivity contribution >= 4 is 15.9 Å². The van der Waals surface area contributed by atoms with Crippen LogP contribution in [0.25, 0.3) is 0 Å². The molecule has 9 heteroatoms. The summed E-state index contributed by atoms with van der Waals surface area (Å²) in [4.78, 5) is 11.6. The van der Waals surface area contributed by atoms with Gasteiger partial charge in [-0.3, -0.25) is 4.79 Å². The summed E-state index contributed by atoms with van der Waals surface area (Å²) in [5, 5.41) is 0. The number of nitrogens with one attached hydrogen (secondary N) is 1. The van der Waals surface area contributed by atoms with Crippen LogP contribution in [-0.2, 0) is 10.0 Å². The second-order valence-corrected chi connectivity index (χ2v) is 7.19. The fraction of sp³-hybridized carbons (Fsp3) is 0.562. The molecule has 0 saturated carbocycles. The molecular formula is C16H22F3NO4S. The Balaban J connectivity index is 2.44. The Hall–Kier alpha value is -1.77. The molecule has 1 N–H and O–H groups in total. The smallest absolute Gasteiger partial charge is 0.494 e. The molecule has 25 heavy (non-hydrogen) atoms. The van der Waals surface area contributed by atoms with Crippen LogP contribution in [0, 0.1) is 0 Å². The summed E-state index contributed by atoms with van der Waals surface area (Å²) in [6, 6.07) is 5.23. The number of benzene rings is 1. The van der Waals surface area contributed by atoms with Gasteiger partial charge in [-0.05, 0) is 30.7 Å². The van der Waals surface area contributed by atoms with Gasteiger partial charge in [0.1, 0.15) is 5.75 Å². The summed E-state index contributed by atoms with van der Waals surface area (Å²) in [5.74, 6) is -0.886. The highest BCUT2D eigenvalue weighted by Gasteiger charge is 2.47. The van der Waals surface area contributed by atoms with Gasteiger partial charge in [0.05, 0.1) is 6.61 Å². The van der Waals surface area contributed by atoms with Gasteiger partial charge in [0.2, 0.25) is 0 Å².